The Morgan fingerprint density at radius 2 is 2.21 bits per heavy atom. The molecular formula is C12H17O2. The van der Waals surface area contributed by atoms with Crippen LogP contribution in [-0.2, 0) is 0 Å². The van der Waals surface area contributed by atoms with E-state index >= 15 is 0 Å². The van der Waals surface area contributed by atoms with Gasteiger partial charge in [0.05, 0.1) is 12.7 Å². The molecule has 2 nitrogen and oxygen atoms in total. The minimum absolute atomic E-state index is 0.151. The minimum atomic E-state index is 0.151. The van der Waals surface area contributed by atoms with Crippen LogP contribution in [0.3, 0.4) is 0 Å². The van der Waals surface area contributed by atoms with E-state index in [1.165, 1.54) is 0 Å². The molecule has 1 aromatic rings. The Morgan fingerprint density at radius 3 is 2.86 bits per heavy atom. The van der Waals surface area contributed by atoms with Gasteiger partial charge >= 0.3 is 0 Å². The van der Waals surface area contributed by atoms with Gasteiger partial charge in [-0.25, -0.2) is 0 Å². The lowest BCUT2D eigenvalue weighted by Gasteiger charge is -2.13. The number of hydrogen-bond acceptors (Lipinski definition) is 2. The Hall–Kier alpha value is -1.18. The average Bonchev–Trinajstić information content (AvgIpc) is 2.16. The number of rotatable bonds is 5. The summed E-state index contributed by atoms with van der Waals surface area (Å²) >= 11 is 0. The van der Waals surface area contributed by atoms with Crippen molar-refractivity contribution in [3.8, 4) is 11.5 Å². The lowest BCUT2D eigenvalue weighted by atomic mass is 10.3. The molecule has 77 valence electrons. The first-order chi connectivity index (χ1) is 6.74. The quantitative estimate of drug-likeness (QED) is 0.715. The molecule has 0 N–H and O–H groups in total. The van der Waals surface area contributed by atoms with Crippen molar-refractivity contribution in [1.82, 2.24) is 0 Å². The predicted octanol–water partition coefficient (Wildman–Crippen LogP) is 3.06. The summed E-state index contributed by atoms with van der Waals surface area (Å²) in [4.78, 5) is 0. The van der Waals surface area contributed by atoms with Crippen LogP contribution in [0, 0.1) is 6.07 Å². The van der Waals surface area contributed by atoms with Gasteiger partial charge in [0.25, 0.3) is 0 Å². The first kappa shape index (κ1) is 10.9. The van der Waals surface area contributed by atoms with Gasteiger partial charge in [-0.05, 0) is 26.3 Å². The second kappa shape index (κ2) is 5.53. The van der Waals surface area contributed by atoms with Crippen molar-refractivity contribution in [3.63, 3.8) is 0 Å². The van der Waals surface area contributed by atoms with Gasteiger partial charge in [-0.3, -0.25) is 0 Å². The highest BCUT2D eigenvalue weighted by Crippen LogP contribution is 2.26. The van der Waals surface area contributed by atoms with Gasteiger partial charge in [0.1, 0.15) is 0 Å². The highest BCUT2D eigenvalue weighted by molar-refractivity contribution is 5.38. The molecule has 0 saturated carbocycles. The van der Waals surface area contributed by atoms with E-state index in [0.29, 0.717) is 12.4 Å². The maximum Gasteiger partial charge on any atom is 0.169 e. The lowest BCUT2D eigenvalue weighted by molar-refractivity contribution is 0.220. The third-order valence-electron chi connectivity index (χ3n) is 1.60. The first-order valence-electron chi connectivity index (χ1n) is 5.04. The largest absolute Gasteiger partial charge is 0.490 e. The number of benzene rings is 1. The fourth-order valence-electron chi connectivity index (χ4n) is 1.06. The van der Waals surface area contributed by atoms with Crippen molar-refractivity contribution in [2.24, 2.45) is 0 Å². The smallest absolute Gasteiger partial charge is 0.169 e. The van der Waals surface area contributed by atoms with Gasteiger partial charge < -0.3 is 9.47 Å². The van der Waals surface area contributed by atoms with Crippen LogP contribution in [0.5, 0.6) is 11.5 Å². The lowest BCUT2D eigenvalue weighted by Crippen LogP contribution is -2.07. The molecule has 1 aromatic carbocycles. The molecule has 0 aliphatic rings. The third kappa shape index (κ3) is 3.29. The molecule has 0 fully saturated rings. The standard InChI is InChI=1S/C12H17O2/c1-4-9-13-11-7-5-6-8-12(11)14-10(2)3/h5-7,10H,4,9H2,1-3H3. The molecule has 0 atom stereocenters. The van der Waals surface area contributed by atoms with Crippen LogP contribution in [0.1, 0.15) is 27.2 Å². The van der Waals surface area contributed by atoms with E-state index in [9.17, 15) is 0 Å². The summed E-state index contributed by atoms with van der Waals surface area (Å²) in [5.74, 6) is 1.49. The summed E-state index contributed by atoms with van der Waals surface area (Å²) in [5.41, 5.74) is 0. The molecule has 0 saturated heterocycles. The van der Waals surface area contributed by atoms with Crippen molar-refractivity contribution in [3.05, 3.63) is 24.3 Å². The van der Waals surface area contributed by atoms with Crippen LogP contribution < -0.4 is 9.47 Å². The van der Waals surface area contributed by atoms with E-state index in [0.717, 1.165) is 12.2 Å². The molecule has 0 amide bonds. The van der Waals surface area contributed by atoms with Crippen molar-refractivity contribution in [2.75, 3.05) is 6.61 Å². The number of para-hydroxylation sites is 1. The average molecular weight is 193 g/mol. The summed E-state index contributed by atoms with van der Waals surface area (Å²) in [6, 6.07) is 8.67. The van der Waals surface area contributed by atoms with Crippen LogP contribution in [-0.4, -0.2) is 12.7 Å². The summed E-state index contributed by atoms with van der Waals surface area (Å²) in [6.07, 6.45) is 1.15. The highest BCUT2D eigenvalue weighted by Gasteiger charge is 2.05. The Morgan fingerprint density at radius 1 is 1.43 bits per heavy atom. The summed E-state index contributed by atoms with van der Waals surface area (Å²) < 4.78 is 11.1. The van der Waals surface area contributed by atoms with E-state index in [1.54, 1.807) is 0 Å². The van der Waals surface area contributed by atoms with Crippen molar-refractivity contribution < 1.29 is 9.47 Å². The maximum absolute atomic E-state index is 5.56. The van der Waals surface area contributed by atoms with E-state index in [1.807, 2.05) is 32.0 Å². The van der Waals surface area contributed by atoms with Crippen molar-refractivity contribution in [1.29, 1.82) is 0 Å². The number of hydrogen-bond donors (Lipinski definition) is 0. The number of ether oxygens (including phenoxy) is 2. The van der Waals surface area contributed by atoms with Crippen molar-refractivity contribution >= 4 is 0 Å². The van der Waals surface area contributed by atoms with Crippen LogP contribution in [0.25, 0.3) is 0 Å². The SMILES string of the molecule is CCCOc1ccc[c]c1OC(C)C. The molecule has 0 aromatic heterocycles. The molecule has 2 heteroatoms. The van der Waals surface area contributed by atoms with Gasteiger partial charge in [0.15, 0.2) is 11.5 Å². The molecule has 0 unspecified atom stereocenters. The topological polar surface area (TPSA) is 18.5 Å². The molecule has 1 radical (unpaired) electrons. The van der Waals surface area contributed by atoms with Crippen LogP contribution >= 0.6 is 0 Å². The Balaban J connectivity index is 2.69. The van der Waals surface area contributed by atoms with E-state index in [4.69, 9.17) is 9.47 Å². The highest BCUT2D eigenvalue weighted by atomic mass is 16.5. The molecule has 0 bridgehead atoms. The van der Waals surface area contributed by atoms with Crippen LogP contribution in [0.2, 0.25) is 0 Å². The zero-order chi connectivity index (χ0) is 10.4. The third-order valence-corrected chi connectivity index (χ3v) is 1.60. The summed E-state index contributed by atoms with van der Waals surface area (Å²) in [7, 11) is 0. The monoisotopic (exact) mass is 193 g/mol. The van der Waals surface area contributed by atoms with E-state index in [2.05, 4.69) is 13.0 Å². The predicted molar refractivity (Wildman–Crippen MR) is 56.8 cm³/mol. The molecule has 0 aliphatic heterocycles. The Bertz CT molecular complexity index is 269. The van der Waals surface area contributed by atoms with Crippen molar-refractivity contribution in [2.45, 2.75) is 33.3 Å². The van der Waals surface area contributed by atoms with Gasteiger partial charge in [-0.2, -0.15) is 0 Å². The molecule has 0 aliphatic carbocycles. The maximum atomic E-state index is 5.56. The Labute approximate surface area is 85.8 Å². The fourth-order valence-corrected chi connectivity index (χ4v) is 1.06. The van der Waals surface area contributed by atoms with Gasteiger partial charge in [0, 0.05) is 6.07 Å². The van der Waals surface area contributed by atoms with Gasteiger partial charge in [-0.15, -0.1) is 0 Å². The molecule has 1 rings (SSSR count). The molecule has 0 heterocycles. The molecule has 0 spiro atoms. The van der Waals surface area contributed by atoms with E-state index < -0.39 is 0 Å². The summed E-state index contributed by atoms with van der Waals surface area (Å²) in [5, 5.41) is 0. The summed E-state index contributed by atoms with van der Waals surface area (Å²) in [6.45, 7) is 6.77. The zero-order valence-electron chi connectivity index (χ0n) is 9.04. The first-order valence-corrected chi connectivity index (χ1v) is 5.04. The van der Waals surface area contributed by atoms with Crippen LogP contribution in [0.4, 0.5) is 0 Å². The Kier molecular flexibility index (Phi) is 4.30. The fraction of sp³-hybridized carbons (Fsp3) is 0.500. The second-order valence-corrected chi connectivity index (χ2v) is 3.38. The second-order valence-electron chi connectivity index (χ2n) is 3.38. The normalized spacial score (nSPS) is 10.3. The van der Waals surface area contributed by atoms with E-state index in [-0.39, 0.29) is 6.10 Å². The van der Waals surface area contributed by atoms with Crippen LogP contribution in [0.15, 0.2) is 18.2 Å². The minimum Gasteiger partial charge on any atom is -0.490 e. The zero-order valence-corrected chi connectivity index (χ0v) is 9.04. The molecular weight excluding hydrogens is 176 g/mol. The molecule has 14 heavy (non-hydrogen) atoms. The van der Waals surface area contributed by atoms with Gasteiger partial charge in [0.2, 0.25) is 0 Å². The van der Waals surface area contributed by atoms with Gasteiger partial charge in [-0.1, -0.05) is 19.1 Å².